The highest BCUT2D eigenvalue weighted by molar-refractivity contribution is 5.50. The van der Waals surface area contributed by atoms with Gasteiger partial charge >= 0.3 is 0 Å². The van der Waals surface area contributed by atoms with Crippen LogP contribution < -0.4 is 0 Å². The van der Waals surface area contributed by atoms with E-state index in [2.05, 4.69) is 71.0 Å². The molecule has 0 saturated heterocycles. The Bertz CT molecular complexity index is 399. The number of hydrogen-bond acceptors (Lipinski definition) is 1. The Kier molecular flexibility index (Phi) is 11.9. The topological polar surface area (TPSA) is 20.2 Å². The van der Waals surface area contributed by atoms with Crippen molar-refractivity contribution in [2.24, 2.45) is 5.92 Å². The van der Waals surface area contributed by atoms with Gasteiger partial charge in [0, 0.05) is 0 Å². The minimum Gasteiger partial charge on any atom is -0.393 e. The van der Waals surface area contributed by atoms with Gasteiger partial charge in [0.15, 0.2) is 0 Å². The van der Waals surface area contributed by atoms with E-state index in [1.54, 1.807) is 0 Å². The normalized spacial score (nSPS) is 12.6. The van der Waals surface area contributed by atoms with Crippen LogP contribution in [-0.4, -0.2) is 11.2 Å². The van der Waals surface area contributed by atoms with Gasteiger partial charge in [-0.2, -0.15) is 0 Å². The molecule has 22 heavy (non-hydrogen) atoms. The van der Waals surface area contributed by atoms with E-state index < -0.39 is 0 Å². The third-order valence-corrected chi connectivity index (χ3v) is 3.13. The van der Waals surface area contributed by atoms with Crippen LogP contribution in [0.5, 0.6) is 0 Å². The van der Waals surface area contributed by atoms with Crippen molar-refractivity contribution in [3.05, 3.63) is 41.5 Å². The number of unbranched alkanes of at least 4 members (excludes halogenated alkanes) is 2. The van der Waals surface area contributed by atoms with Gasteiger partial charge in [-0.15, -0.1) is 0 Å². The number of benzene rings is 1. The van der Waals surface area contributed by atoms with Crippen molar-refractivity contribution < 1.29 is 5.11 Å². The average Bonchev–Trinajstić information content (AvgIpc) is 2.42. The lowest BCUT2D eigenvalue weighted by molar-refractivity contribution is 0.181. The highest BCUT2D eigenvalue weighted by Gasteiger charge is 1.98. The van der Waals surface area contributed by atoms with Crippen LogP contribution in [-0.2, 0) is 0 Å². The predicted molar refractivity (Wildman–Crippen MR) is 100 cm³/mol. The number of allylic oxidation sites excluding steroid dienone is 1. The fourth-order valence-corrected chi connectivity index (χ4v) is 1.94. The molecular formula is C21H36O. The molecule has 1 nitrogen and oxygen atoms in total. The fraction of sp³-hybridized carbons (Fsp3) is 0.619. The first-order chi connectivity index (χ1) is 10.3. The molecule has 1 atom stereocenters. The first-order valence-corrected chi connectivity index (χ1v) is 8.77. The molecule has 1 heteroatoms. The highest BCUT2D eigenvalue weighted by Crippen LogP contribution is 2.16. The Balaban J connectivity index is 0.000000980. The molecule has 0 aliphatic carbocycles. The second-order valence-corrected chi connectivity index (χ2v) is 7.09. The van der Waals surface area contributed by atoms with Crippen molar-refractivity contribution >= 4 is 6.08 Å². The molecule has 0 unspecified atom stereocenters. The zero-order chi connectivity index (χ0) is 17.0. The van der Waals surface area contributed by atoms with Crippen LogP contribution in [0.2, 0.25) is 0 Å². The summed E-state index contributed by atoms with van der Waals surface area (Å²) in [5.41, 5.74) is 2.68. The Morgan fingerprint density at radius 2 is 1.64 bits per heavy atom. The number of aliphatic hydroxyl groups excluding tert-OH is 1. The van der Waals surface area contributed by atoms with E-state index in [0.29, 0.717) is 5.92 Å². The Morgan fingerprint density at radius 1 is 1.00 bits per heavy atom. The zero-order valence-electron chi connectivity index (χ0n) is 15.5. The summed E-state index contributed by atoms with van der Waals surface area (Å²) in [6.07, 6.45) is 8.56. The van der Waals surface area contributed by atoms with Crippen LogP contribution >= 0.6 is 0 Å². The summed E-state index contributed by atoms with van der Waals surface area (Å²) in [4.78, 5) is 0. The lowest BCUT2D eigenvalue weighted by Gasteiger charge is -2.05. The monoisotopic (exact) mass is 304 g/mol. The van der Waals surface area contributed by atoms with Crippen LogP contribution in [0.15, 0.2) is 30.3 Å². The highest BCUT2D eigenvalue weighted by atomic mass is 16.3. The second kappa shape index (κ2) is 12.5. The van der Waals surface area contributed by atoms with E-state index in [4.69, 9.17) is 5.11 Å². The summed E-state index contributed by atoms with van der Waals surface area (Å²) in [5.74, 6) is 1.42. The fourth-order valence-electron chi connectivity index (χ4n) is 1.94. The average molecular weight is 305 g/mol. The Morgan fingerprint density at radius 3 is 2.18 bits per heavy atom. The lowest BCUT2D eigenvalue weighted by Crippen LogP contribution is -1.97. The van der Waals surface area contributed by atoms with Crippen molar-refractivity contribution in [2.45, 2.75) is 79.2 Å². The summed E-state index contributed by atoms with van der Waals surface area (Å²) in [6, 6.07) is 8.72. The van der Waals surface area contributed by atoms with Crippen molar-refractivity contribution in [1.29, 1.82) is 0 Å². The minimum absolute atomic E-state index is 0.156. The number of aliphatic hydroxyl groups is 1. The maximum Gasteiger partial charge on any atom is 0.0512 e. The maximum absolute atomic E-state index is 9.15. The smallest absolute Gasteiger partial charge is 0.0512 e. The number of hydrogen-bond donors (Lipinski definition) is 1. The van der Waals surface area contributed by atoms with Crippen LogP contribution in [0.3, 0.4) is 0 Å². The predicted octanol–water partition coefficient (Wildman–Crippen LogP) is 6.43. The molecule has 0 fully saturated rings. The molecule has 0 aliphatic heterocycles. The van der Waals surface area contributed by atoms with E-state index in [1.165, 1.54) is 11.1 Å². The van der Waals surface area contributed by atoms with Gasteiger partial charge in [0.05, 0.1) is 6.10 Å². The molecule has 0 heterocycles. The quantitative estimate of drug-likeness (QED) is 0.576. The van der Waals surface area contributed by atoms with E-state index in [-0.39, 0.29) is 6.10 Å². The third kappa shape index (κ3) is 12.6. The van der Waals surface area contributed by atoms with Gasteiger partial charge in [-0.1, -0.05) is 77.5 Å². The van der Waals surface area contributed by atoms with E-state index >= 15 is 0 Å². The molecule has 0 saturated carbocycles. The minimum atomic E-state index is -0.156. The van der Waals surface area contributed by atoms with E-state index in [9.17, 15) is 0 Å². The van der Waals surface area contributed by atoms with Crippen molar-refractivity contribution in [2.75, 3.05) is 0 Å². The molecule has 0 aromatic heterocycles. The van der Waals surface area contributed by atoms with Gasteiger partial charge in [0.2, 0.25) is 0 Å². The van der Waals surface area contributed by atoms with Gasteiger partial charge in [-0.25, -0.2) is 0 Å². The van der Waals surface area contributed by atoms with Crippen molar-refractivity contribution in [3.8, 4) is 0 Å². The third-order valence-electron chi connectivity index (χ3n) is 3.13. The summed E-state index contributed by atoms with van der Waals surface area (Å²) in [7, 11) is 0. The SMILES string of the molecule is CC(C)C.CC(C)c1cccc(/C=C/CCCC[C@@H](C)O)c1. The zero-order valence-corrected chi connectivity index (χ0v) is 15.5. The van der Waals surface area contributed by atoms with Gasteiger partial charge in [0.25, 0.3) is 0 Å². The molecule has 0 bridgehead atoms. The molecule has 1 aromatic rings. The Labute approximate surface area is 138 Å². The van der Waals surface area contributed by atoms with Gasteiger partial charge in [-0.05, 0) is 49.1 Å². The van der Waals surface area contributed by atoms with Gasteiger partial charge < -0.3 is 5.11 Å². The molecule has 0 aliphatic rings. The van der Waals surface area contributed by atoms with E-state index in [0.717, 1.165) is 31.6 Å². The van der Waals surface area contributed by atoms with Gasteiger partial charge in [-0.3, -0.25) is 0 Å². The van der Waals surface area contributed by atoms with E-state index in [1.807, 2.05) is 6.92 Å². The molecule has 1 N–H and O–H groups in total. The van der Waals surface area contributed by atoms with Crippen molar-refractivity contribution in [3.63, 3.8) is 0 Å². The maximum atomic E-state index is 9.15. The van der Waals surface area contributed by atoms with Crippen LogP contribution in [0, 0.1) is 5.92 Å². The van der Waals surface area contributed by atoms with Gasteiger partial charge in [0.1, 0.15) is 0 Å². The summed E-state index contributed by atoms with van der Waals surface area (Å²) in [6.45, 7) is 12.8. The standard InChI is InChI=1S/C17H26O.C4H10/c1-14(2)17-12-8-11-16(13-17)10-7-5-4-6-9-15(3)18;1-4(2)3/h7-8,10-15,18H,4-6,9H2,1-3H3;4H,1-3H3/b10-7+;/t15-;/m1./s1. The molecule has 0 radical (unpaired) electrons. The summed E-state index contributed by atoms with van der Waals surface area (Å²) >= 11 is 0. The lowest BCUT2D eigenvalue weighted by atomic mass is 10.0. The van der Waals surface area contributed by atoms with Crippen molar-refractivity contribution in [1.82, 2.24) is 0 Å². The molecular weight excluding hydrogens is 268 g/mol. The largest absolute Gasteiger partial charge is 0.393 e. The summed E-state index contributed by atoms with van der Waals surface area (Å²) in [5, 5.41) is 9.15. The summed E-state index contributed by atoms with van der Waals surface area (Å²) < 4.78 is 0. The van der Waals surface area contributed by atoms with Crippen LogP contribution in [0.1, 0.15) is 84.3 Å². The first kappa shape index (κ1) is 20.9. The second-order valence-electron chi connectivity index (χ2n) is 7.09. The number of rotatable bonds is 7. The molecule has 0 amide bonds. The van der Waals surface area contributed by atoms with Crippen LogP contribution in [0.4, 0.5) is 0 Å². The molecule has 1 aromatic carbocycles. The van der Waals surface area contributed by atoms with Crippen LogP contribution in [0.25, 0.3) is 6.08 Å². The molecule has 0 spiro atoms. The molecule has 1 rings (SSSR count). The molecule has 126 valence electrons. The first-order valence-electron chi connectivity index (χ1n) is 8.77. The Hall–Kier alpha value is -1.08.